The molecule has 1 aliphatic heterocycles. The smallest absolute Gasteiger partial charge is 0.444 e. The highest BCUT2D eigenvalue weighted by molar-refractivity contribution is 6.62. The molecule has 0 radical (unpaired) electrons. The van der Waals surface area contributed by atoms with Crippen molar-refractivity contribution in [1.29, 1.82) is 0 Å². The average molecular weight is 375 g/mol. The Morgan fingerprint density at radius 3 is 2.07 bits per heavy atom. The van der Waals surface area contributed by atoms with Crippen LogP contribution in [-0.2, 0) is 14.0 Å². The van der Waals surface area contributed by atoms with E-state index >= 15 is 0 Å². The van der Waals surface area contributed by atoms with Crippen LogP contribution in [0.2, 0.25) is 0 Å². The lowest BCUT2D eigenvalue weighted by Gasteiger charge is -2.32. The summed E-state index contributed by atoms with van der Waals surface area (Å²) >= 11 is 0. The highest BCUT2D eigenvalue weighted by Gasteiger charge is 2.51. The molecule has 1 aromatic rings. The van der Waals surface area contributed by atoms with Crippen molar-refractivity contribution in [2.45, 2.75) is 84.5 Å². The molecular formula is C21H34BNO4. The van der Waals surface area contributed by atoms with Crippen molar-refractivity contribution in [3.8, 4) is 0 Å². The zero-order valence-corrected chi connectivity index (χ0v) is 18.0. The van der Waals surface area contributed by atoms with E-state index in [4.69, 9.17) is 14.0 Å². The predicted molar refractivity (Wildman–Crippen MR) is 109 cm³/mol. The number of alkyl carbamates (subject to hydrolysis) is 1. The van der Waals surface area contributed by atoms with E-state index in [1.807, 2.05) is 32.9 Å². The first-order valence-electron chi connectivity index (χ1n) is 9.77. The summed E-state index contributed by atoms with van der Waals surface area (Å²) in [6, 6.07) is 8.28. The van der Waals surface area contributed by atoms with Gasteiger partial charge in [0.25, 0.3) is 0 Å². The van der Waals surface area contributed by atoms with Crippen LogP contribution in [0.5, 0.6) is 0 Å². The number of hydrogen-bond acceptors (Lipinski definition) is 4. The largest absolute Gasteiger partial charge is 0.494 e. The van der Waals surface area contributed by atoms with Crippen LogP contribution in [0, 0.1) is 0 Å². The normalized spacial score (nSPS) is 19.6. The molecule has 2 rings (SSSR count). The number of nitrogens with one attached hydrogen (secondary N) is 1. The fraction of sp³-hybridized carbons (Fsp3) is 0.667. The van der Waals surface area contributed by atoms with E-state index in [2.05, 4.69) is 52.1 Å². The third-order valence-corrected chi connectivity index (χ3v) is 5.32. The minimum Gasteiger partial charge on any atom is -0.444 e. The lowest BCUT2D eigenvalue weighted by Crippen LogP contribution is -2.41. The van der Waals surface area contributed by atoms with Crippen molar-refractivity contribution in [3.63, 3.8) is 0 Å². The van der Waals surface area contributed by atoms with Crippen LogP contribution >= 0.6 is 0 Å². The Hall–Kier alpha value is -1.53. The molecule has 1 atom stereocenters. The van der Waals surface area contributed by atoms with Crippen LogP contribution in [0.15, 0.2) is 24.3 Å². The third kappa shape index (κ3) is 5.49. The summed E-state index contributed by atoms with van der Waals surface area (Å²) in [5.41, 5.74) is 0.997. The first kappa shape index (κ1) is 21.8. The molecule has 0 spiro atoms. The summed E-state index contributed by atoms with van der Waals surface area (Å²) in [5.74, 6) is 0.227. The first-order chi connectivity index (χ1) is 12.3. The summed E-state index contributed by atoms with van der Waals surface area (Å²) in [5, 5.41) is 2.87. The number of hydrogen-bond donors (Lipinski definition) is 1. The van der Waals surface area contributed by atoms with E-state index < -0.39 is 5.60 Å². The van der Waals surface area contributed by atoms with Gasteiger partial charge in [0.1, 0.15) is 5.60 Å². The van der Waals surface area contributed by atoms with Gasteiger partial charge in [-0.1, -0.05) is 31.2 Å². The van der Waals surface area contributed by atoms with Crippen LogP contribution in [0.1, 0.15) is 73.3 Å². The fourth-order valence-electron chi connectivity index (χ4n) is 2.92. The van der Waals surface area contributed by atoms with E-state index in [9.17, 15) is 4.79 Å². The Morgan fingerprint density at radius 2 is 1.63 bits per heavy atom. The average Bonchev–Trinajstić information content (AvgIpc) is 2.75. The molecule has 6 heteroatoms. The van der Waals surface area contributed by atoms with E-state index in [-0.39, 0.29) is 30.3 Å². The number of ether oxygens (including phenoxy) is 1. The fourth-order valence-corrected chi connectivity index (χ4v) is 2.92. The lowest BCUT2D eigenvalue weighted by molar-refractivity contribution is 0.00578. The van der Waals surface area contributed by atoms with E-state index in [1.54, 1.807) is 0 Å². The van der Waals surface area contributed by atoms with Crippen LogP contribution in [-0.4, -0.2) is 36.6 Å². The number of carbonyl (C=O) groups is 1. The summed E-state index contributed by atoms with van der Waals surface area (Å²) in [7, 11) is -0.357. The summed E-state index contributed by atoms with van der Waals surface area (Å²) in [6.45, 7) is 16.4. The van der Waals surface area contributed by atoms with Gasteiger partial charge in [0.05, 0.1) is 11.2 Å². The molecule has 1 fully saturated rings. The van der Waals surface area contributed by atoms with E-state index in [1.165, 1.54) is 5.56 Å². The quantitative estimate of drug-likeness (QED) is 0.791. The van der Waals surface area contributed by atoms with Gasteiger partial charge in [-0.3, -0.25) is 0 Å². The van der Waals surface area contributed by atoms with Gasteiger partial charge in [-0.25, -0.2) is 4.79 Å². The molecule has 0 aliphatic carbocycles. The molecule has 5 nitrogen and oxygen atoms in total. The molecule has 1 aliphatic rings. The zero-order valence-electron chi connectivity index (χ0n) is 18.0. The molecular weight excluding hydrogens is 341 g/mol. The zero-order chi connectivity index (χ0) is 20.5. The maximum absolute atomic E-state index is 11.9. The molecule has 0 unspecified atom stereocenters. The highest BCUT2D eigenvalue weighted by Crippen LogP contribution is 2.36. The standard InChI is InChI=1S/C21H34BNO4/c1-9-15(14-23-18(24)25-19(2,3)4)16-10-12-17(13-11-16)22-26-20(5,6)21(7,8)27-22/h10-13,15H,9,14H2,1-8H3,(H,23,24)/t15-/m0/s1. The molecule has 0 saturated carbocycles. The minimum absolute atomic E-state index is 0.227. The Balaban J connectivity index is 2.00. The van der Waals surface area contributed by atoms with Gasteiger partial charge in [0.2, 0.25) is 0 Å². The van der Waals surface area contributed by atoms with Crippen molar-refractivity contribution >= 4 is 18.7 Å². The Labute approximate surface area is 164 Å². The van der Waals surface area contributed by atoms with Crippen LogP contribution in [0.4, 0.5) is 4.79 Å². The summed E-state index contributed by atoms with van der Waals surface area (Å²) < 4.78 is 17.5. The molecule has 150 valence electrons. The maximum Gasteiger partial charge on any atom is 0.494 e. The van der Waals surface area contributed by atoms with Crippen LogP contribution in [0.25, 0.3) is 0 Å². The molecule has 1 saturated heterocycles. The molecule has 0 bridgehead atoms. The number of benzene rings is 1. The summed E-state index contributed by atoms with van der Waals surface area (Å²) in [6.07, 6.45) is 0.542. The second-order valence-corrected chi connectivity index (χ2v) is 9.24. The third-order valence-electron chi connectivity index (χ3n) is 5.32. The predicted octanol–water partition coefficient (Wildman–Crippen LogP) is 4.00. The second-order valence-electron chi connectivity index (χ2n) is 9.24. The monoisotopic (exact) mass is 375 g/mol. The topological polar surface area (TPSA) is 56.8 Å². The first-order valence-corrected chi connectivity index (χ1v) is 9.77. The molecule has 1 heterocycles. The van der Waals surface area contributed by atoms with Gasteiger partial charge < -0.3 is 19.4 Å². The number of carbonyl (C=O) groups excluding carboxylic acids is 1. The van der Waals surface area contributed by atoms with Gasteiger partial charge in [0, 0.05) is 12.5 Å². The Morgan fingerprint density at radius 1 is 1.11 bits per heavy atom. The van der Waals surface area contributed by atoms with Crippen molar-refractivity contribution in [2.24, 2.45) is 0 Å². The van der Waals surface area contributed by atoms with Gasteiger partial charge in [0.15, 0.2) is 0 Å². The number of amides is 1. The molecule has 27 heavy (non-hydrogen) atoms. The molecule has 0 aromatic heterocycles. The number of rotatable bonds is 5. The van der Waals surface area contributed by atoms with E-state index in [0.29, 0.717) is 6.54 Å². The van der Waals surface area contributed by atoms with Crippen molar-refractivity contribution < 1.29 is 18.8 Å². The van der Waals surface area contributed by atoms with Crippen molar-refractivity contribution in [2.75, 3.05) is 6.54 Å². The van der Waals surface area contributed by atoms with E-state index in [0.717, 1.165) is 11.9 Å². The Bertz CT molecular complexity index is 633. The minimum atomic E-state index is -0.490. The van der Waals surface area contributed by atoms with Gasteiger partial charge in [-0.15, -0.1) is 0 Å². The van der Waals surface area contributed by atoms with Gasteiger partial charge >= 0.3 is 13.2 Å². The highest BCUT2D eigenvalue weighted by atomic mass is 16.7. The van der Waals surface area contributed by atoms with Gasteiger partial charge in [-0.2, -0.15) is 0 Å². The molecule has 1 amide bonds. The van der Waals surface area contributed by atoms with Crippen LogP contribution < -0.4 is 10.8 Å². The maximum atomic E-state index is 11.9. The van der Waals surface area contributed by atoms with Crippen molar-refractivity contribution in [3.05, 3.63) is 29.8 Å². The molecule has 1 aromatic carbocycles. The lowest BCUT2D eigenvalue weighted by atomic mass is 9.78. The second kappa shape index (κ2) is 7.84. The van der Waals surface area contributed by atoms with Crippen LogP contribution in [0.3, 0.4) is 0 Å². The van der Waals surface area contributed by atoms with Gasteiger partial charge in [-0.05, 0) is 65.9 Å². The molecule has 1 N–H and O–H groups in total. The Kier molecular flexibility index (Phi) is 6.32. The summed E-state index contributed by atoms with van der Waals surface area (Å²) in [4.78, 5) is 11.9. The SMILES string of the molecule is CC[C@@H](CNC(=O)OC(C)(C)C)c1ccc(B2OC(C)(C)C(C)(C)O2)cc1. The van der Waals surface area contributed by atoms with Crippen molar-refractivity contribution in [1.82, 2.24) is 5.32 Å².